The minimum atomic E-state index is 0.239. The van der Waals surface area contributed by atoms with Gasteiger partial charge in [0.2, 0.25) is 0 Å². The van der Waals surface area contributed by atoms with Crippen molar-refractivity contribution < 1.29 is 0 Å². The molecule has 1 saturated carbocycles. The zero-order valence-corrected chi connectivity index (χ0v) is 14.4. The quantitative estimate of drug-likeness (QED) is 0.835. The van der Waals surface area contributed by atoms with Crippen LogP contribution in [0.4, 0.5) is 0 Å². The average molecular weight is 280 g/mol. The first-order valence-corrected chi connectivity index (χ1v) is 8.89. The molecule has 20 heavy (non-hydrogen) atoms. The molecule has 0 radical (unpaired) electrons. The molecule has 2 aliphatic rings. The van der Waals surface area contributed by atoms with E-state index >= 15 is 0 Å². The van der Waals surface area contributed by atoms with Gasteiger partial charge in [0.1, 0.15) is 0 Å². The van der Waals surface area contributed by atoms with Gasteiger partial charge in [0.05, 0.1) is 0 Å². The maximum atomic E-state index is 3.69. The molecule has 1 aliphatic carbocycles. The molecule has 118 valence electrons. The van der Waals surface area contributed by atoms with Crippen molar-refractivity contribution in [3.8, 4) is 0 Å². The summed E-state index contributed by atoms with van der Waals surface area (Å²) in [5, 5.41) is 3.69. The second-order valence-corrected chi connectivity index (χ2v) is 8.34. The highest BCUT2D eigenvalue weighted by atomic mass is 15.2. The lowest BCUT2D eigenvalue weighted by Gasteiger charge is -2.48. The van der Waals surface area contributed by atoms with E-state index in [4.69, 9.17) is 0 Å². The van der Waals surface area contributed by atoms with Crippen LogP contribution in [-0.2, 0) is 0 Å². The van der Waals surface area contributed by atoms with Gasteiger partial charge in [-0.1, -0.05) is 19.8 Å². The lowest BCUT2D eigenvalue weighted by molar-refractivity contribution is 0.0133. The molecule has 1 heterocycles. The fourth-order valence-electron chi connectivity index (χ4n) is 4.13. The molecule has 1 aliphatic heterocycles. The first-order valence-electron chi connectivity index (χ1n) is 8.89. The Labute approximate surface area is 126 Å². The smallest absolute Gasteiger partial charge is 0.0126 e. The van der Waals surface area contributed by atoms with Crippen molar-refractivity contribution in [3.63, 3.8) is 0 Å². The first-order chi connectivity index (χ1) is 9.38. The van der Waals surface area contributed by atoms with Gasteiger partial charge in [-0.25, -0.2) is 0 Å². The Kier molecular flexibility index (Phi) is 5.53. The normalized spacial score (nSPS) is 31.6. The van der Waals surface area contributed by atoms with E-state index in [1.807, 2.05) is 0 Å². The fraction of sp³-hybridized carbons (Fsp3) is 1.00. The van der Waals surface area contributed by atoms with Gasteiger partial charge in [0.25, 0.3) is 0 Å². The monoisotopic (exact) mass is 280 g/mol. The van der Waals surface area contributed by atoms with Crippen molar-refractivity contribution in [3.05, 3.63) is 0 Å². The second kappa shape index (κ2) is 6.79. The first kappa shape index (κ1) is 16.3. The summed E-state index contributed by atoms with van der Waals surface area (Å²) in [6.07, 6.45) is 8.79. The lowest BCUT2D eigenvalue weighted by atomic mass is 9.77. The third kappa shape index (κ3) is 4.21. The van der Waals surface area contributed by atoms with Crippen LogP contribution in [0.15, 0.2) is 0 Å². The van der Waals surface area contributed by atoms with E-state index < -0.39 is 0 Å². The summed E-state index contributed by atoms with van der Waals surface area (Å²) in [6, 6.07) is 1.61. The third-order valence-electron chi connectivity index (χ3n) is 5.59. The van der Waals surface area contributed by atoms with E-state index in [2.05, 4.69) is 44.8 Å². The topological polar surface area (TPSA) is 15.3 Å². The summed E-state index contributed by atoms with van der Waals surface area (Å²) in [7, 11) is 0. The van der Waals surface area contributed by atoms with Gasteiger partial charge in [-0.2, -0.15) is 0 Å². The molecule has 1 saturated heterocycles. The number of hydrogen-bond acceptors (Lipinski definition) is 2. The highest BCUT2D eigenvalue weighted by molar-refractivity contribution is 4.91. The Morgan fingerprint density at radius 1 is 1.05 bits per heavy atom. The van der Waals surface area contributed by atoms with Crippen molar-refractivity contribution in [1.82, 2.24) is 10.2 Å². The zero-order valence-electron chi connectivity index (χ0n) is 14.4. The van der Waals surface area contributed by atoms with Gasteiger partial charge in [0, 0.05) is 17.6 Å². The van der Waals surface area contributed by atoms with Gasteiger partial charge < -0.3 is 5.32 Å². The molecule has 4 atom stereocenters. The van der Waals surface area contributed by atoms with Gasteiger partial charge >= 0.3 is 0 Å². The predicted octanol–water partition coefficient (Wildman–Crippen LogP) is 4.05. The second-order valence-electron chi connectivity index (χ2n) is 8.34. The van der Waals surface area contributed by atoms with Crippen molar-refractivity contribution in [1.29, 1.82) is 0 Å². The summed E-state index contributed by atoms with van der Waals surface area (Å²) in [4.78, 5) is 2.86. The van der Waals surface area contributed by atoms with Crippen molar-refractivity contribution in [2.24, 2.45) is 11.8 Å². The Hall–Kier alpha value is -0.0800. The van der Waals surface area contributed by atoms with Crippen LogP contribution in [0.1, 0.15) is 73.1 Å². The van der Waals surface area contributed by atoms with E-state index in [0.29, 0.717) is 0 Å². The largest absolute Gasteiger partial charge is 0.312 e. The van der Waals surface area contributed by atoms with E-state index in [1.165, 1.54) is 45.1 Å². The predicted molar refractivity (Wildman–Crippen MR) is 88.1 cm³/mol. The maximum Gasteiger partial charge on any atom is 0.0126 e. The summed E-state index contributed by atoms with van der Waals surface area (Å²) in [5.74, 6) is 1.73. The highest BCUT2D eigenvalue weighted by Gasteiger charge is 2.36. The van der Waals surface area contributed by atoms with E-state index in [1.54, 1.807) is 0 Å². The molecule has 0 amide bonds. The van der Waals surface area contributed by atoms with Crippen molar-refractivity contribution in [2.75, 3.05) is 13.1 Å². The van der Waals surface area contributed by atoms with E-state index in [0.717, 1.165) is 30.5 Å². The molecule has 4 unspecified atom stereocenters. The standard InChI is InChI=1S/C18H36N2/c1-14(13-19-18(3,4)5)15(2)20-12-8-10-16-9-6-7-11-17(16)20/h14-17,19H,6-13H2,1-5H3. The molecular weight excluding hydrogens is 244 g/mol. The van der Waals surface area contributed by atoms with Crippen LogP contribution in [0, 0.1) is 11.8 Å². The Balaban J connectivity index is 1.91. The molecule has 1 N–H and O–H groups in total. The molecule has 0 spiro atoms. The van der Waals surface area contributed by atoms with Gasteiger partial charge in [-0.15, -0.1) is 0 Å². The highest BCUT2D eigenvalue weighted by Crippen LogP contribution is 2.37. The molecule has 2 heteroatoms. The van der Waals surface area contributed by atoms with Crippen molar-refractivity contribution >= 4 is 0 Å². The SMILES string of the molecule is CC(CNC(C)(C)C)C(C)N1CCCC2CCCCC21. The summed E-state index contributed by atoms with van der Waals surface area (Å²) < 4.78 is 0. The molecule has 0 aromatic carbocycles. The number of nitrogens with zero attached hydrogens (tertiary/aromatic N) is 1. The Morgan fingerprint density at radius 3 is 2.40 bits per heavy atom. The average Bonchev–Trinajstić information content (AvgIpc) is 2.42. The molecule has 2 fully saturated rings. The fourth-order valence-corrected chi connectivity index (χ4v) is 4.13. The molecule has 0 aromatic rings. The number of rotatable bonds is 4. The van der Waals surface area contributed by atoms with Crippen LogP contribution in [-0.4, -0.2) is 35.6 Å². The number of fused-ring (bicyclic) bond motifs is 1. The minimum Gasteiger partial charge on any atom is -0.312 e. The Bertz CT molecular complexity index is 292. The molecule has 0 bridgehead atoms. The van der Waals surface area contributed by atoms with Crippen LogP contribution >= 0.6 is 0 Å². The zero-order chi connectivity index (χ0) is 14.8. The molecule has 0 aromatic heterocycles. The van der Waals surface area contributed by atoms with Crippen LogP contribution in [0.25, 0.3) is 0 Å². The van der Waals surface area contributed by atoms with E-state index in [9.17, 15) is 0 Å². The van der Waals surface area contributed by atoms with Crippen LogP contribution in [0.3, 0.4) is 0 Å². The van der Waals surface area contributed by atoms with Crippen LogP contribution in [0.5, 0.6) is 0 Å². The number of piperidine rings is 1. The van der Waals surface area contributed by atoms with Gasteiger partial charge in [-0.3, -0.25) is 4.90 Å². The van der Waals surface area contributed by atoms with Crippen LogP contribution in [0.2, 0.25) is 0 Å². The van der Waals surface area contributed by atoms with Crippen LogP contribution < -0.4 is 5.32 Å². The van der Waals surface area contributed by atoms with Gasteiger partial charge in [-0.05, 0) is 78.3 Å². The third-order valence-corrected chi connectivity index (χ3v) is 5.59. The summed E-state index contributed by atoms with van der Waals surface area (Å²) in [6.45, 7) is 14.2. The van der Waals surface area contributed by atoms with Gasteiger partial charge in [0.15, 0.2) is 0 Å². The number of likely N-dealkylation sites (tertiary alicyclic amines) is 1. The summed E-state index contributed by atoms with van der Waals surface area (Å²) in [5.41, 5.74) is 0.239. The molecule has 2 rings (SSSR count). The lowest BCUT2D eigenvalue weighted by Crippen LogP contribution is -2.54. The minimum absolute atomic E-state index is 0.239. The molecular formula is C18H36N2. The number of nitrogens with one attached hydrogen (secondary N) is 1. The molecule has 2 nitrogen and oxygen atoms in total. The summed E-state index contributed by atoms with van der Waals surface area (Å²) >= 11 is 0. The number of hydrogen-bond donors (Lipinski definition) is 1. The van der Waals surface area contributed by atoms with Crippen molar-refractivity contribution in [2.45, 2.75) is 90.8 Å². The Morgan fingerprint density at radius 2 is 1.70 bits per heavy atom. The maximum absolute atomic E-state index is 3.69. The van der Waals surface area contributed by atoms with E-state index in [-0.39, 0.29) is 5.54 Å².